The molecule has 2 unspecified atom stereocenters. The number of nitrogens with two attached hydrogens (primary N) is 1. The van der Waals surface area contributed by atoms with Crippen molar-refractivity contribution in [2.45, 2.75) is 37.6 Å². The molecule has 1 fully saturated rings. The van der Waals surface area contributed by atoms with Gasteiger partial charge in [0, 0.05) is 10.0 Å². The van der Waals surface area contributed by atoms with Gasteiger partial charge in [0.2, 0.25) is 0 Å². The molecule has 1 aliphatic rings. The first kappa shape index (κ1) is 14.2. The van der Waals surface area contributed by atoms with Gasteiger partial charge in [-0.05, 0) is 49.8 Å². The van der Waals surface area contributed by atoms with Gasteiger partial charge in [-0.1, -0.05) is 28.1 Å². The Morgan fingerprint density at radius 2 is 2.00 bits per heavy atom. The molecule has 0 spiro atoms. The first-order valence-electron chi connectivity index (χ1n) is 5.61. The number of hydrogen-bond acceptors (Lipinski definition) is 2. The van der Waals surface area contributed by atoms with Crippen LogP contribution in [0.5, 0.6) is 0 Å². The molecule has 0 radical (unpaired) electrons. The van der Waals surface area contributed by atoms with Crippen molar-refractivity contribution in [1.29, 1.82) is 0 Å². The summed E-state index contributed by atoms with van der Waals surface area (Å²) in [6, 6.07) is 8.63. The fraction of sp³-hybridized carbons (Fsp3) is 0.462. The van der Waals surface area contributed by atoms with Gasteiger partial charge in [0.15, 0.2) is 0 Å². The minimum atomic E-state index is -0.250. The number of carboxylic acid groups (broad SMARTS) is 1. The highest BCUT2D eigenvalue weighted by atomic mass is 79.9. The van der Waals surface area contributed by atoms with Gasteiger partial charge in [0.1, 0.15) is 0 Å². The molecular weight excluding hydrogens is 282 g/mol. The Hall–Kier alpha value is -0.870. The molecule has 0 aliphatic heterocycles. The molecule has 3 nitrogen and oxygen atoms in total. The minimum absolute atomic E-state index is 0.0533. The van der Waals surface area contributed by atoms with E-state index in [4.69, 9.17) is 15.6 Å². The molecular formula is C13H18BrNO2. The van der Waals surface area contributed by atoms with Crippen molar-refractivity contribution < 1.29 is 9.90 Å². The number of benzene rings is 1. The topological polar surface area (TPSA) is 63.3 Å². The van der Waals surface area contributed by atoms with E-state index in [1.165, 1.54) is 12.0 Å². The van der Waals surface area contributed by atoms with Gasteiger partial charge in [-0.3, -0.25) is 4.79 Å². The van der Waals surface area contributed by atoms with Gasteiger partial charge in [-0.2, -0.15) is 0 Å². The van der Waals surface area contributed by atoms with E-state index in [2.05, 4.69) is 47.1 Å². The zero-order valence-corrected chi connectivity index (χ0v) is 11.5. The summed E-state index contributed by atoms with van der Waals surface area (Å²) in [4.78, 5) is 8.36. The fourth-order valence-corrected chi connectivity index (χ4v) is 2.55. The van der Waals surface area contributed by atoms with Crippen LogP contribution in [0.25, 0.3) is 0 Å². The smallest absolute Gasteiger partial charge is 0.290 e. The molecule has 3 N–H and O–H groups in total. The van der Waals surface area contributed by atoms with Crippen LogP contribution < -0.4 is 5.73 Å². The molecule has 0 amide bonds. The van der Waals surface area contributed by atoms with E-state index in [1.54, 1.807) is 0 Å². The first-order valence-corrected chi connectivity index (χ1v) is 6.40. The van der Waals surface area contributed by atoms with Crippen molar-refractivity contribution in [3.05, 3.63) is 34.3 Å². The lowest BCUT2D eigenvalue weighted by molar-refractivity contribution is -0.122. The second-order valence-electron chi connectivity index (χ2n) is 4.75. The second-order valence-corrected chi connectivity index (χ2v) is 5.67. The van der Waals surface area contributed by atoms with E-state index >= 15 is 0 Å². The molecule has 17 heavy (non-hydrogen) atoms. The van der Waals surface area contributed by atoms with Crippen LogP contribution in [0.4, 0.5) is 0 Å². The minimum Gasteiger partial charge on any atom is -0.483 e. The van der Waals surface area contributed by atoms with Crippen molar-refractivity contribution in [3.63, 3.8) is 0 Å². The van der Waals surface area contributed by atoms with Gasteiger partial charge >= 0.3 is 0 Å². The molecule has 1 aromatic carbocycles. The second kappa shape index (κ2) is 6.17. The van der Waals surface area contributed by atoms with Gasteiger partial charge in [-0.25, -0.2) is 0 Å². The third-order valence-electron chi connectivity index (χ3n) is 3.12. The summed E-state index contributed by atoms with van der Waals surface area (Å²) in [5.74, 6) is 0.665. The highest BCUT2D eigenvalue weighted by Gasteiger charge is 2.31. The van der Waals surface area contributed by atoms with Gasteiger partial charge in [0.05, 0.1) is 0 Å². The lowest BCUT2D eigenvalue weighted by Crippen LogP contribution is -2.32. The number of rotatable bonds is 1. The molecule has 0 bridgehead atoms. The lowest BCUT2D eigenvalue weighted by Gasteiger charge is -2.17. The lowest BCUT2D eigenvalue weighted by atomic mass is 9.94. The quantitative estimate of drug-likeness (QED) is 0.783. The van der Waals surface area contributed by atoms with Crippen LogP contribution in [0.3, 0.4) is 0 Å². The van der Waals surface area contributed by atoms with E-state index < -0.39 is 0 Å². The summed E-state index contributed by atoms with van der Waals surface area (Å²) in [6.07, 6.45) is 3.50. The Kier molecular flexibility index (Phi) is 5.15. The van der Waals surface area contributed by atoms with Crippen LogP contribution in [0.15, 0.2) is 28.7 Å². The Bertz CT molecular complexity index is 362. The number of carbonyl (C=O) groups is 1. The largest absolute Gasteiger partial charge is 0.483 e. The Morgan fingerprint density at radius 1 is 1.47 bits per heavy atom. The van der Waals surface area contributed by atoms with E-state index in [0.29, 0.717) is 5.92 Å². The predicted molar refractivity (Wildman–Crippen MR) is 72.0 cm³/mol. The molecule has 0 saturated heterocycles. The number of hydrogen-bond donors (Lipinski definition) is 2. The van der Waals surface area contributed by atoms with E-state index in [0.717, 1.165) is 17.3 Å². The summed E-state index contributed by atoms with van der Waals surface area (Å²) in [7, 11) is 0. The molecule has 2 rings (SSSR count). The van der Waals surface area contributed by atoms with E-state index in [9.17, 15) is 0 Å². The summed E-state index contributed by atoms with van der Waals surface area (Å²) < 4.78 is 1.15. The van der Waals surface area contributed by atoms with Crippen molar-refractivity contribution in [1.82, 2.24) is 0 Å². The molecule has 0 aromatic heterocycles. The van der Waals surface area contributed by atoms with Crippen LogP contribution in [-0.4, -0.2) is 17.1 Å². The van der Waals surface area contributed by atoms with Crippen molar-refractivity contribution >= 4 is 22.4 Å². The van der Waals surface area contributed by atoms with Crippen LogP contribution in [-0.2, 0) is 4.79 Å². The van der Waals surface area contributed by atoms with Gasteiger partial charge in [-0.15, -0.1) is 0 Å². The van der Waals surface area contributed by atoms with Crippen LogP contribution in [0.1, 0.15) is 37.7 Å². The third-order valence-corrected chi connectivity index (χ3v) is 3.65. The monoisotopic (exact) mass is 299 g/mol. The van der Waals surface area contributed by atoms with E-state index in [1.807, 2.05) is 0 Å². The fourth-order valence-electron chi connectivity index (χ4n) is 2.29. The maximum Gasteiger partial charge on any atom is 0.290 e. The van der Waals surface area contributed by atoms with Crippen molar-refractivity contribution in [2.75, 3.05) is 0 Å². The van der Waals surface area contributed by atoms with Gasteiger partial charge in [0.25, 0.3) is 6.47 Å². The van der Waals surface area contributed by atoms with E-state index in [-0.39, 0.29) is 12.0 Å². The molecule has 2 atom stereocenters. The van der Waals surface area contributed by atoms with Crippen LogP contribution in [0, 0.1) is 0 Å². The summed E-state index contributed by atoms with van der Waals surface area (Å²) in [6.45, 7) is 1.91. The van der Waals surface area contributed by atoms with Crippen LogP contribution >= 0.6 is 15.9 Å². The molecule has 1 aromatic rings. The predicted octanol–water partition coefficient (Wildman–Crippen LogP) is 3.13. The Labute approximate surface area is 110 Å². The Morgan fingerprint density at radius 3 is 2.41 bits per heavy atom. The van der Waals surface area contributed by atoms with Crippen molar-refractivity contribution in [3.8, 4) is 0 Å². The average molecular weight is 300 g/mol. The average Bonchev–Trinajstić information content (AvgIpc) is 2.61. The van der Waals surface area contributed by atoms with Crippen LogP contribution in [0.2, 0.25) is 0 Å². The SMILES string of the molecule is CC1(N)CCC(c2ccc(Br)cc2)C1.O=CO. The normalized spacial score (nSPS) is 27.1. The highest BCUT2D eigenvalue weighted by molar-refractivity contribution is 9.10. The zero-order chi connectivity index (χ0) is 12.9. The Balaban J connectivity index is 0.000000437. The number of halogens is 1. The molecule has 1 aliphatic carbocycles. The zero-order valence-electron chi connectivity index (χ0n) is 9.90. The third kappa shape index (κ3) is 4.48. The maximum absolute atomic E-state index is 8.36. The summed E-state index contributed by atoms with van der Waals surface area (Å²) in [5, 5.41) is 6.89. The maximum atomic E-state index is 8.36. The highest BCUT2D eigenvalue weighted by Crippen LogP contribution is 2.39. The summed E-state index contributed by atoms with van der Waals surface area (Å²) >= 11 is 3.45. The first-order chi connectivity index (χ1) is 7.98. The molecule has 94 valence electrons. The standard InChI is InChI=1S/C12H16BrN.CH2O2/c1-12(14)7-6-10(8-12)9-2-4-11(13)5-3-9;2-1-3/h2-5,10H,6-8,14H2,1H3;1H,(H,2,3). The van der Waals surface area contributed by atoms with Crippen molar-refractivity contribution in [2.24, 2.45) is 5.73 Å². The van der Waals surface area contributed by atoms with Gasteiger partial charge < -0.3 is 10.8 Å². The molecule has 4 heteroatoms. The summed E-state index contributed by atoms with van der Waals surface area (Å²) in [5.41, 5.74) is 7.61. The molecule has 0 heterocycles. The molecule has 1 saturated carbocycles.